The van der Waals surface area contributed by atoms with E-state index in [2.05, 4.69) is 12.2 Å². The van der Waals surface area contributed by atoms with Crippen molar-refractivity contribution in [3.8, 4) is 5.75 Å². The zero-order valence-corrected chi connectivity index (χ0v) is 12.8. The molecule has 1 amide bonds. The second-order valence-corrected chi connectivity index (χ2v) is 5.10. The first-order valence-electron chi connectivity index (χ1n) is 7.52. The molecule has 0 saturated carbocycles. The van der Waals surface area contributed by atoms with Gasteiger partial charge in [-0.25, -0.2) is 0 Å². The molecule has 0 heterocycles. The summed E-state index contributed by atoms with van der Waals surface area (Å²) in [5.41, 5.74) is 7.90. The van der Waals surface area contributed by atoms with E-state index in [1.807, 2.05) is 54.6 Å². The molecule has 4 heteroatoms. The SMILES string of the molecule is CCc1ccc(OCCC(N)C(=O)Nc2ccccc2)cc1. The molecule has 0 aliphatic carbocycles. The van der Waals surface area contributed by atoms with E-state index in [9.17, 15) is 4.79 Å². The molecule has 22 heavy (non-hydrogen) atoms. The molecule has 3 N–H and O–H groups in total. The average molecular weight is 298 g/mol. The third kappa shape index (κ3) is 4.90. The van der Waals surface area contributed by atoms with Crippen LogP contribution in [0.1, 0.15) is 18.9 Å². The molecular weight excluding hydrogens is 276 g/mol. The Morgan fingerprint density at radius 2 is 1.82 bits per heavy atom. The summed E-state index contributed by atoms with van der Waals surface area (Å²) in [6, 6.07) is 16.7. The number of nitrogens with one attached hydrogen (secondary N) is 1. The molecule has 1 atom stereocenters. The number of aryl methyl sites for hydroxylation is 1. The smallest absolute Gasteiger partial charge is 0.241 e. The lowest BCUT2D eigenvalue weighted by molar-refractivity contribution is -0.117. The van der Waals surface area contributed by atoms with E-state index in [0.29, 0.717) is 13.0 Å². The maximum absolute atomic E-state index is 11.9. The van der Waals surface area contributed by atoms with Gasteiger partial charge in [-0.15, -0.1) is 0 Å². The minimum absolute atomic E-state index is 0.198. The molecule has 0 aliphatic heterocycles. The number of nitrogens with two attached hydrogens (primary N) is 1. The predicted molar refractivity (Wildman–Crippen MR) is 89.0 cm³/mol. The van der Waals surface area contributed by atoms with E-state index >= 15 is 0 Å². The van der Waals surface area contributed by atoms with Crippen LogP contribution in [0.5, 0.6) is 5.75 Å². The van der Waals surface area contributed by atoms with Crippen molar-refractivity contribution in [2.45, 2.75) is 25.8 Å². The molecular formula is C18H22N2O2. The molecule has 0 fully saturated rings. The van der Waals surface area contributed by atoms with E-state index in [-0.39, 0.29) is 5.91 Å². The Balaban J connectivity index is 1.74. The molecule has 0 aliphatic rings. The van der Waals surface area contributed by atoms with E-state index in [4.69, 9.17) is 10.5 Å². The standard InChI is InChI=1S/C18H22N2O2/c1-2-14-8-10-16(11-9-14)22-13-12-17(19)18(21)20-15-6-4-3-5-7-15/h3-11,17H,2,12-13,19H2,1H3,(H,20,21). The molecule has 0 aromatic heterocycles. The monoisotopic (exact) mass is 298 g/mol. The molecule has 116 valence electrons. The number of amides is 1. The third-order valence-electron chi connectivity index (χ3n) is 3.41. The topological polar surface area (TPSA) is 64.3 Å². The molecule has 2 aromatic rings. The fraction of sp³-hybridized carbons (Fsp3) is 0.278. The number of carbonyl (C=O) groups is 1. The molecule has 4 nitrogen and oxygen atoms in total. The number of rotatable bonds is 7. The Labute approximate surface area is 131 Å². The molecule has 0 spiro atoms. The fourth-order valence-corrected chi connectivity index (χ4v) is 2.01. The molecule has 2 aromatic carbocycles. The van der Waals surface area contributed by atoms with Crippen LogP contribution in [0.25, 0.3) is 0 Å². The Morgan fingerprint density at radius 3 is 2.45 bits per heavy atom. The van der Waals surface area contributed by atoms with Crippen LogP contribution in [0.2, 0.25) is 0 Å². The summed E-state index contributed by atoms with van der Waals surface area (Å²) in [7, 11) is 0. The lowest BCUT2D eigenvalue weighted by Gasteiger charge is -2.13. The Morgan fingerprint density at radius 1 is 1.14 bits per heavy atom. The highest BCUT2D eigenvalue weighted by atomic mass is 16.5. The summed E-state index contributed by atoms with van der Waals surface area (Å²) in [6.07, 6.45) is 1.47. The van der Waals surface area contributed by atoms with Crippen molar-refractivity contribution in [3.05, 3.63) is 60.2 Å². The fourth-order valence-electron chi connectivity index (χ4n) is 2.01. The van der Waals surface area contributed by atoms with E-state index in [1.54, 1.807) is 0 Å². The van der Waals surface area contributed by atoms with Crippen LogP contribution in [-0.2, 0) is 11.2 Å². The highest BCUT2D eigenvalue weighted by Crippen LogP contribution is 2.13. The summed E-state index contributed by atoms with van der Waals surface area (Å²) in [5, 5.41) is 2.79. The first-order chi connectivity index (χ1) is 10.7. The van der Waals surface area contributed by atoms with Gasteiger partial charge in [0.15, 0.2) is 0 Å². The van der Waals surface area contributed by atoms with E-state index in [1.165, 1.54) is 5.56 Å². The Bertz CT molecular complexity index is 582. The lowest BCUT2D eigenvalue weighted by Crippen LogP contribution is -2.36. The van der Waals surface area contributed by atoms with Crippen molar-refractivity contribution >= 4 is 11.6 Å². The van der Waals surface area contributed by atoms with Gasteiger partial charge >= 0.3 is 0 Å². The van der Waals surface area contributed by atoms with Gasteiger partial charge in [0.1, 0.15) is 5.75 Å². The van der Waals surface area contributed by atoms with Crippen LogP contribution in [0.15, 0.2) is 54.6 Å². The van der Waals surface area contributed by atoms with Crippen LogP contribution in [0.3, 0.4) is 0 Å². The van der Waals surface area contributed by atoms with Gasteiger partial charge in [-0.1, -0.05) is 37.3 Å². The zero-order chi connectivity index (χ0) is 15.8. The first kappa shape index (κ1) is 16.0. The Hall–Kier alpha value is -2.33. The molecule has 0 saturated heterocycles. The van der Waals surface area contributed by atoms with Gasteiger partial charge < -0.3 is 15.8 Å². The Kier molecular flexibility index (Phi) is 5.98. The number of carbonyl (C=O) groups excluding carboxylic acids is 1. The summed E-state index contributed by atoms with van der Waals surface area (Å²) in [4.78, 5) is 11.9. The van der Waals surface area contributed by atoms with Gasteiger partial charge in [0.25, 0.3) is 0 Å². The van der Waals surface area contributed by atoms with Crippen LogP contribution in [0, 0.1) is 0 Å². The van der Waals surface area contributed by atoms with Crippen LogP contribution in [0.4, 0.5) is 5.69 Å². The number of benzene rings is 2. The number of ether oxygens (including phenoxy) is 1. The van der Waals surface area contributed by atoms with Crippen molar-refractivity contribution in [3.63, 3.8) is 0 Å². The normalized spacial score (nSPS) is 11.7. The number of para-hydroxylation sites is 1. The molecule has 2 rings (SSSR count). The average Bonchev–Trinajstić information content (AvgIpc) is 2.56. The second-order valence-electron chi connectivity index (χ2n) is 5.10. The quantitative estimate of drug-likeness (QED) is 0.826. The summed E-state index contributed by atoms with van der Waals surface area (Å²) in [6.45, 7) is 2.52. The highest BCUT2D eigenvalue weighted by Gasteiger charge is 2.13. The molecule has 1 unspecified atom stereocenters. The number of hydrogen-bond donors (Lipinski definition) is 2. The van der Waals surface area contributed by atoms with Crippen molar-refractivity contribution in [1.29, 1.82) is 0 Å². The minimum atomic E-state index is -0.588. The highest BCUT2D eigenvalue weighted by molar-refractivity contribution is 5.94. The van der Waals surface area contributed by atoms with E-state index in [0.717, 1.165) is 17.9 Å². The largest absolute Gasteiger partial charge is 0.494 e. The molecule has 0 radical (unpaired) electrons. The minimum Gasteiger partial charge on any atom is -0.494 e. The van der Waals surface area contributed by atoms with Gasteiger partial charge in [0.05, 0.1) is 12.6 Å². The van der Waals surface area contributed by atoms with Gasteiger partial charge in [-0.05, 0) is 36.2 Å². The predicted octanol–water partition coefficient (Wildman–Crippen LogP) is 2.98. The van der Waals surface area contributed by atoms with Crippen LogP contribution in [-0.4, -0.2) is 18.6 Å². The summed E-state index contributed by atoms with van der Waals surface area (Å²) in [5.74, 6) is 0.601. The van der Waals surface area contributed by atoms with Gasteiger partial charge in [-0.2, -0.15) is 0 Å². The zero-order valence-electron chi connectivity index (χ0n) is 12.8. The maximum Gasteiger partial charge on any atom is 0.241 e. The number of hydrogen-bond acceptors (Lipinski definition) is 3. The molecule has 0 bridgehead atoms. The van der Waals surface area contributed by atoms with Gasteiger partial charge in [0.2, 0.25) is 5.91 Å². The van der Waals surface area contributed by atoms with Gasteiger partial charge in [-0.3, -0.25) is 4.79 Å². The van der Waals surface area contributed by atoms with Crippen LogP contribution >= 0.6 is 0 Å². The van der Waals surface area contributed by atoms with Crippen LogP contribution < -0.4 is 15.8 Å². The van der Waals surface area contributed by atoms with Crippen molar-refractivity contribution in [2.24, 2.45) is 5.73 Å². The summed E-state index contributed by atoms with van der Waals surface area (Å²) >= 11 is 0. The third-order valence-corrected chi connectivity index (χ3v) is 3.41. The van der Waals surface area contributed by atoms with Crippen molar-refractivity contribution < 1.29 is 9.53 Å². The van der Waals surface area contributed by atoms with E-state index < -0.39 is 6.04 Å². The first-order valence-corrected chi connectivity index (χ1v) is 7.52. The lowest BCUT2D eigenvalue weighted by atomic mass is 10.2. The summed E-state index contributed by atoms with van der Waals surface area (Å²) < 4.78 is 5.62. The van der Waals surface area contributed by atoms with Gasteiger partial charge in [0, 0.05) is 12.1 Å². The maximum atomic E-state index is 11.9. The second kappa shape index (κ2) is 8.20. The van der Waals surface area contributed by atoms with Crippen molar-refractivity contribution in [1.82, 2.24) is 0 Å². The van der Waals surface area contributed by atoms with Crippen molar-refractivity contribution in [2.75, 3.05) is 11.9 Å². The number of anilines is 1.